The molecular weight excluding hydrogens is 186 g/mol. The van der Waals surface area contributed by atoms with Gasteiger partial charge in [-0.3, -0.25) is 4.79 Å². The first-order valence-electron chi connectivity index (χ1n) is 4.90. The number of ketones is 1. The number of aryl methyl sites for hydroxylation is 2. The maximum Gasteiger partial charge on any atom is 0.194 e. The Bertz CT molecular complexity index is 479. The number of hydrogen-bond acceptors (Lipinski definition) is 1. The van der Waals surface area contributed by atoms with E-state index in [9.17, 15) is 4.79 Å². The first-order valence-corrected chi connectivity index (χ1v) is 4.90. The lowest BCUT2D eigenvalue weighted by atomic mass is 10.0. The number of carbonyl (C=O) groups excluding carboxylic acids is 1. The van der Waals surface area contributed by atoms with Crippen LogP contribution >= 0.6 is 0 Å². The minimum absolute atomic E-state index is 0.0793. The summed E-state index contributed by atoms with van der Waals surface area (Å²) in [5, 5.41) is 0. The normalized spacial score (nSPS) is 10.3. The van der Waals surface area contributed by atoms with Gasteiger partial charge < -0.3 is 4.57 Å². The number of benzene rings is 1. The van der Waals surface area contributed by atoms with Gasteiger partial charge in [0, 0.05) is 30.6 Å². The summed E-state index contributed by atoms with van der Waals surface area (Å²) in [5.41, 5.74) is 2.65. The summed E-state index contributed by atoms with van der Waals surface area (Å²) in [7, 11) is 1.91. The molecule has 2 rings (SSSR count). The van der Waals surface area contributed by atoms with E-state index in [0.717, 1.165) is 11.1 Å². The van der Waals surface area contributed by atoms with Crippen molar-refractivity contribution in [3.8, 4) is 0 Å². The molecule has 0 aliphatic heterocycles. The number of aromatic nitrogens is 1. The van der Waals surface area contributed by atoms with E-state index in [1.807, 2.05) is 61.3 Å². The number of rotatable bonds is 2. The molecule has 0 amide bonds. The molecule has 0 N–H and O–H groups in total. The van der Waals surface area contributed by atoms with Crippen LogP contribution in [-0.2, 0) is 7.05 Å². The van der Waals surface area contributed by atoms with Gasteiger partial charge in [0.05, 0.1) is 0 Å². The topological polar surface area (TPSA) is 22.0 Å². The number of carbonyl (C=O) groups is 1. The van der Waals surface area contributed by atoms with Gasteiger partial charge in [0.15, 0.2) is 5.78 Å². The van der Waals surface area contributed by atoms with Crippen LogP contribution in [0.3, 0.4) is 0 Å². The highest BCUT2D eigenvalue weighted by molar-refractivity contribution is 6.08. The zero-order chi connectivity index (χ0) is 10.8. The third-order valence-corrected chi connectivity index (χ3v) is 2.41. The van der Waals surface area contributed by atoms with Crippen LogP contribution in [0.2, 0.25) is 0 Å². The third kappa shape index (κ3) is 1.99. The van der Waals surface area contributed by atoms with E-state index in [0.29, 0.717) is 0 Å². The van der Waals surface area contributed by atoms with E-state index in [4.69, 9.17) is 0 Å². The molecule has 0 radical (unpaired) electrons. The van der Waals surface area contributed by atoms with Crippen molar-refractivity contribution in [1.29, 1.82) is 0 Å². The van der Waals surface area contributed by atoms with Crippen molar-refractivity contribution in [3.05, 3.63) is 59.4 Å². The van der Waals surface area contributed by atoms with Gasteiger partial charge >= 0.3 is 0 Å². The molecule has 1 aromatic heterocycles. The molecule has 0 spiro atoms. The van der Waals surface area contributed by atoms with Gasteiger partial charge in [-0.1, -0.05) is 29.8 Å². The summed E-state index contributed by atoms with van der Waals surface area (Å²) in [5.74, 6) is 0.0793. The molecule has 0 fully saturated rings. The molecule has 2 aromatic rings. The van der Waals surface area contributed by atoms with Gasteiger partial charge in [-0.25, -0.2) is 0 Å². The summed E-state index contributed by atoms with van der Waals surface area (Å²) in [6.45, 7) is 2.01. The Morgan fingerprint density at radius 3 is 2.27 bits per heavy atom. The quantitative estimate of drug-likeness (QED) is 0.681. The highest BCUT2D eigenvalue weighted by atomic mass is 16.1. The molecule has 0 unspecified atom stereocenters. The minimum atomic E-state index is 0.0793. The Hall–Kier alpha value is -1.83. The van der Waals surface area contributed by atoms with Gasteiger partial charge in [-0.2, -0.15) is 0 Å². The Morgan fingerprint density at radius 2 is 1.73 bits per heavy atom. The molecule has 1 aromatic carbocycles. The van der Waals surface area contributed by atoms with Gasteiger partial charge in [-0.05, 0) is 13.0 Å². The summed E-state index contributed by atoms with van der Waals surface area (Å²) in [6.07, 6.45) is 3.71. The monoisotopic (exact) mass is 199 g/mol. The lowest BCUT2D eigenvalue weighted by Gasteiger charge is -1.98. The van der Waals surface area contributed by atoms with Crippen molar-refractivity contribution in [3.63, 3.8) is 0 Å². The molecule has 15 heavy (non-hydrogen) atoms. The molecule has 0 bridgehead atoms. The maximum atomic E-state index is 12.0. The average molecular weight is 199 g/mol. The van der Waals surface area contributed by atoms with Crippen LogP contribution in [0.25, 0.3) is 0 Å². The van der Waals surface area contributed by atoms with Crippen molar-refractivity contribution in [1.82, 2.24) is 4.57 Å². The van der Waals surface area contributed by atoms with Crippen LogP contribution in [-0.4, -0.2) is 10.4 Å². The van der Waals surface area contributed by atoms with Crippen LogP contribution in [0.5, 0.6) is 0 Å². The van der Waals surface area contributed by atoms with Crippen molar-refractivity contribution < 1.29 is 4.79 Å². The van der Waals surface area contributed by atoms with E-state index in [-0.39, 0.29) is 5.78 Å². The molecule has 76 valence electrons. The van der Waals surface area contributed by atoms with Crippen LogP contribution in [0.1, 0.15) is 21.5 Å². The van der Waals surface area contributed by atoms with E-state index < -0.39 is 0 Å². The van der Waals surface area contributed by atoms with E-state index in [2.05, 4.69) is 0 Å². The molecule has 0 aliphatic rings. The van der Waals surface area contributed by atoms with Crippen LogP contribution in [0.15, 0.2) is 42.7 Å². The highest BCUT2D eigenvalue weighted by Gasteiger charge is 2.08. The fraction of sp³-hybridized carbons (Fsp3) is 0.154. The second-order valence-electron chi connectivity index (χ2n) is 3.76. The zero-order valence-corrected chi connectivity index (χ0v) is 8.90. The Kier molecular flexibility index (Phi) is 2.42. The van der Waals surface area contributed by atoms with E-state index in [1.54, 1.807) is 0 Å². The van der Waals surface area contributed by atoms with Crippen molar-refractivity contribution in [2.75, 3.05) is 0 Å². The fourth-order valence-corrected chi connectivity index (χ4v) is 1.51. The highest BCUT2D eigenvalue weighted by Crippen LogP contribution is 2.10. The first kappa shape index (κ1) is 9.71. The summed E-state index contributed by atoms with van der Waals surface area (Å²) in [6, 6.07) is 9.48. The van der Waals surface area contributed by atoms with Crippen molar-refractivity contribution in [2.45, 2.75) is 6.92 Å². The first-order chi connectivity index (χ1) is 7.16. The largest absolute Gasteiger partial charge is 0.357 e. The predicted molar refractivity (Wildman–Crippen MR) is 60.0 cm³/mol. The molecule has 0 saturated heterocycles. The van der Waals surface area contributed by atoms with Crippen molar-refractivity contribution in [2.24, 2.45) is 7.05 Å². The zero-order valence-electron chi connectivity index (χ0n) is 8.90. The SMILES string of the molecule is Cc1ccc(C(=O)c2ccn(C)c2)cc1. The van der Waals surface area contributed by atoms with Crippen LogP contribution < -0.4 is 0 Å². The minimum Gasteiger partial charge on any atom is -0.357 e. The Balaban J connectivity index is 2.32. The van der Waals surface area contributed by atoms with Crippen LogP contribution in [0, 0.1) is 6.92 Å². The maximum absolute atomic E-state index is 12.0. The predicted octanol–water partition coefficient (Wildman–Crippen LogP) is 2.56. The van der Waals surface area contributed by atoms with E-state index in [1.165, 1.54) is 5.56 Å². The van der Waals surface area contributed by atoms with E-state index >= 15 is 0 Å². The standard InChI is InChI=1S/C13H13NO/c1-10-3-5-11(6-4-10)13(15)12-7-8-14(2)9-12/h3-9H,1-2H3. The van der Waals surface area contributed by atoms with Crippen molar-refractivity contribution >= 4 is 5.78 Å². The van der Waals surface area contributed by atoms with Crippen LogP contribution in [0.4, 0.5) is 0 Å². The third-order valence-electron chi connectivity index (χ3n) is 2.41. The summed E-state index contributed by atoms with van der Waals surface area (Å²) in [4.78, 5) is 12.0. The van der Waals surface area contributed by atoms with Gasteiger partial charge in [0.1, 0.15) is 0 Å². The lowest BCUT2D eigenvalue weighted by molar-refractivity contribution is 0.103. The molecule has 2 nitrogen and oxygen atoms in total. The smallest absolute Gasteiger partial charge is 0.194 e. The van der Waals surface area contributed by atoms with Gasteiger partial charge in [0.2, 0.25) is 0 Å². The molecule has 1 heterocycles. The number of nitrogens with zero attached hydrogens (tertiary/aromatic N) is 1. The molecular formula is C13H13NO. The molecule has 0 saturated carbocycles. The average Bonchev–Trinajstić information content (AvgIpc) is 2.65. The molecule has 2 heteroatoms. The van der Waals surface area contributed by atoms with Gasteiger partial charge in [-0.15, -0.1) is 0 Å². The molecule has 0 aliphatic carbocycles. The lowest BCUT2D eigenvalue weighted by Crippen LogP contribution is -1.99. The number of hydrogen-bond donors (Lipinski definition) is 0. The second kappa shape index (κ2) is 3.73. The Labute approximate surface area is 89.2 Å². The fourth-order valence-electron chi connectivity index (χ4n) is 1.51. The second-order valence-corrected chi connectivity index (χ2v) is 3.76. The van der Waals surface area contributed by atoms with Gasteiger partial charge in [0.25, 0.3) is 0 Å². The molecule has 0 atom stereocenters. The Morgan fingerprint density at radius 1 is 1.07 bits per heavy atom. The summed E-state index contributed by atoms with van der Waals surface area (Å²) < 4.78 is 1.88. The summed E-state index contributed by atoms with van der Waals surface area (Å²) >= 11 is 0.